The number of sulfonamides is 1. The Morgan fingerprint density at radius 3 is 2.72 bits per heavy atom. The van der Waals surface area contributed by atoms with Gasteiger partial charge >= 0.3 is 5.97 Å². The Labute approximate surface area is 148 Å². The second-order valence-electron chi connectivity index (χ2n) is 5.13. The average Bonchev–Trinajstić information content (AvgIpc) is 3.07. The van der Waals surface area contributed by atoms with E-state index < -0.39 is 26.7 Å². The van der Waals surface area contributed by atoms with Crippen molar-refractivity contribution in [1.29, 1.82) is 0 Å². The third-order valence-electron chi connectivity index (χ3n) is 3.74. The molecule has 1 N–H and O–H groups in total. The standard InChI is InChI=1S/C16H14N2O5S2/c1-18-12-6-4-3-5-10(12)14(19)13(25(18,21)22)9-17-11-7-8-24-15(11)16(20)23-2/h3-9,17H,1-2H3. The number of hydrogen-bond donors (Lipinski definition) is 1. The van der Waals surface area contributed by atoms with E-state index in [1.54, 1.807) is 35.7 Å². The molecule has 2 heterocycles. The fourth-order valence-electron chi connectivity index (χ4n) is 2.42. The van der Waals surface area contributed by atoms with Gasteiger partial charge in [0.2, 0.25) is 5.78 Å². The van der Waals surface area contributed by atoms with Crippen molar-refractivity contribution < 1.29 is 22.7 Å². The van der Waals surface area contributed by atoms with Gasteiger partial charge in [0.05, 0.1) is 18.5 Å². The highest BCUT2D eigenvalue weighted by atomic mass is 32.2. The van der Waals surface area contributed by atoms with Crippen LogP contribution >= 0.6 is 11.3 Å². The SMILES string of the molecule is COC(=O)c1sccc1NC=C1C(=O)c2ccccc2N(C)S1(=O)=O. The van der Waals surface area contributed by atoms with Crippen molar-refractivity contribution in [2.45, 2.75) is 0 Å². The van der Waals surface area contributed by atoms with Crippen molar-refractivity contribution in [3.63, 3.8) is 0 Å². The quantitative estimate of drug-likeness (QED) is 0.651. The molecule has 130 valence electrons. The summed E-state index contributed by atoms with van der Waals surface area (Å²) in [6.07, 6.45) is 1.11. The second-order valence-corrected chi connectivity index (χ2v) is 7.98. The normalized spacial score (nSPS) is 17.3. The van der Waals surface area contributed by atoms with Gasteiger partial charge in [0.1, 0.15) is 4.88 Å². The lowest BCUT2D eigenvalue weighted by molar-refractivity contribution is 0.0607. The summed E-state index contributed by atoms with van der Waals surface area (Å²) >= 11 is 1.15. The summed E-state index contributed by atoms with van der Waals surface area (Å²) in [6, 6.07) is 8.08. The first-order valence-corrected chi connectivity index (χ1v) is 9.45. The first kappa shape index (κ1) is 17.2. The van der Waals surface area contributed by atoms with Gasteiger partial charge in [-0.1, -0.05) is 12.1 Å². The summed E-state index contributed by atoms with van der Waals surface area (Å²) in [5.74, 6) is -1.15. The molecule has 25 heavy (non-hydrogen) atoms. The minimum atomic E-state index is -3.99. The number of allylic oxidation sites excluding steroid dienone is 1. The van der Waals surface area contributed by atoms with E-state index >= 15 is 0 Å². The third kappa shape index (κ3) is 2.81. The molecule has 0 bridgehead atoms. The lowest BCUT2D eigenvalue weighted by atomic mass is 10.1. The number of ketones is 1. The Morgan fingerprint density at radius 1 is 1.28 bits per heavy atom. The van der Waals surface area contributed by atoms with E-state index in [2.05, 4.69) is 10.1 Å². The molecule has 1 aliphatic heterocycles. The number of carbonyl (C=O) groups is 2. The van der Waals surface area contributed by atoms with Gasteiger partial charge in [-0.25, -0.2) is 13.2 Å². The molecule has 0 aliphatic carbocycles. The Morgan fingerprint density at radius 2 is 2.00 bits per heavy atom. The summed E-state index contributed by atoms with van der Waals surface area (Å²) in [6.45, 7) is 0. The summed E-state index contributed by atoms with van der Waals surface area (Å²) in [7, 11) is -1.34. The number of ether oxygens (including phenoxy) is 1. The highest BCUT2D eigenvalue weighted by molar-refractivity contribution is 7.97. The zero-order valence-electron chi connectivity index (χ0n) is 13.3. The number of Topliss-reactive ketones (excluding diaryl/α,β-unsaturated/α-hetero) is 1. The van der Waals surface area contributed by atoms with Crippen LogP contribution in [-0.4, -0.2) is 34.3 Å². The van der Waals surface area contributed by atoms with Crippen LogP contribution in [-0.2, 0) is 14.8 Å². The molecule has 0 amide bonds. The predicted octanol–water partition coefficient (Wildman–Crippen LogP) is 2.45. The number of anilines is 2. The molecule has 1 aliphatic rings. The number of nitrogens with zero attached hydrogens (tertiary/aromatic N) is 1. The van der Waals surface area contributed by atoms with Gasteiger partial charge in [-0.2, -0.15) is 0 Å². The van der Waals surface area contributed by atoms with Crippen LogP contribution in [0.4, 0.5) is 11.4 Å². The number of esters is 1. The van der Waals surface area contributed by atoms with Crippen LogP contribution in [0, 0.1) is 0 Å². The number of carbonyl (C=O) groups excluding carboxylic acids is 2. The van der Waals surface area contributed by atoms with Gasteiger partial charge in [-0.3, -0.25) is 9.10 Å². The molecular weight excluding hydrogens is 364 g/mol. The number of methoxy groups -OCH3 is 1. The van der Waals surface area contributed by atoms with Gasteiger partial charge in [-0.15, -0.1) is 11.3 Å². The summed E-state index contributed by atoms with van der Waals surface area (Å²) < 4.78 is 31.0. The zero-order chi connectivity index (χ0) is 18.2. The number of benzene rings is 1. The minimum Gasteiger partial charge on any atom is -0.465 e. The van der Waals surface area contributed by atoms with Gasteiger partial charge in [-0.05, 0) is 23.6 Å². The fraction of sp³-hybridized carbons (Fsp3) is 0.125. The highest BCUT2D eigenvalue weighted by Gasteiger charge is 2.37. The van der Waals surface area contributed by atoms with Gasteiger partial charge in [0.15, 0.2) is 4.91 Å². The highest BCUT2D eigenvalue weighted by Crippen LogP contribution is 2.34. The molecule has 0 spiro atoms. The van der Waals surface area contributed by atoms with Gasteiger partial charge in [0.25, 0.3) is 10.0 Å². The Bertz CT molecular complexity index is 991. The average molecular weight is 378 g/mol. The Balaban J connectivity index is 2.03. The maximum atomic E-state index is 12.6. The van der Waals surface area contributed by atoms with E-state index in [0.717, 1.165) is 21.8 Å². The molecule has 7 nitrogen and oxygen atoms in total. The number of fused-ring (bicyclic) bond motifs is 1. The van der Waals surface area contributed by atoms with Crippen molar-refractivity contribution in [2.75, 3.05) is 23.8 Å². The third-order valence-corrected chi connectivity index (χ3v) is 6.42. The van der Waals surface area contributed by atoms with Crippen molar-refractivity contribution in [3.05, 3.63) is 57.3 Å². The molecule has 0 fully saturated rings. The predicted molar refractivity (Wildman–Crippen MR) is 95.5 cm³/mol. The molecule has 9 heteroatoms. The summed E-state index contributed by atoms with van der Waals surface area (Å²) in [4.78, 5) is 24.2. The van der Waals surface area contributed by atoms with Crippen LogP contribution in [0.1, 0.15) is 20.0 Å². The maximum Gasteiger partial charge on any atom is 0.350 e. The van der Waals surface area contributed by atoms with Crippen LogP contribution in [0.3, 0.4) is 0 Å². The van der Waals surface area contributed by atoms with Crippen LogP contribution < -0.4 is 9.62 Å². The Hall–Kier alpha value is -2.65. The molecule has 0 saturated carbocycles. The van der Waals surface area contributed by atoms with Gasteiger partial charge in [0, 0.05) is 18.8 Å². The lowest BCUT2D eigenvalue weighted by Crippen LogP contribution is -2.36. The van der Waals surface area contributed by atoms with E-state index in [0.29, 0.717) is 16.9 Å². The number of para-hydroxylation sites is 1. The molecule has 1 aromatic carbocycles. The first-order valence-electron chi connectivity index (χ1n) is 7.13. The lowest BCUT2D eigenvalue weighted by Gasteiger charge is -2.27. The monoisotopic (exact) mass is 378 g/mol. The topological polar surface area (TPSA) is 92.8 Å². The van der Waals surface area contributed by atoms with Crippen molar-refractivity contribution in [1.82, 2.24) is 0 Å². The van der Waals surface area contributed by atoms with E-state index in [9.17, 15) is 18.0 Å². The van der Waals surface area contributed by atoms with Crippen LogP contribution in [0.15, 0.2) is 46.8 Å². The summed E-state index contributed by atoms with van der Waals surface area (Å²) in [5.41, 5.74) is 0.996. The molecule has 3 rings (SSSR count). The molecule has 1 aromatic heterocycles. The van der Waals surface area contributed by atoms with Crippen LogP contribution in [0.25, 0.3) is 0 Å². The van der Waals surface area contributed by atoms with E-state index in [1.165, 1.54) is 14.2 Å². The molecule has 0 saturated heterocycles. The fourth-order valence-corrected chi connectivity index (χ4v) is 4.46. The van der Waals surface area contributed by atoms with Crippen LogP contribution in [0.5, 0.6) is 0 Å². The molecule has 0 unspecified atom stereocenters. The minimum absolute atomic E-state index is 0.286. The smallest absolute Gasteiger partial charge is 0.350 e. The molecule has 2 aromatic rings. The van der Waals surface area contributed by atoms with Crippen molar-refractivity contribution in [3.8, 4) is 0 Å². The van der Waals surface area contributed by atoms with Gasteiger partial charge < -0.3 is 10.1 Å². The summed E-state index contributed by atoms with van der Waals surface area (Å²) in [5, 5.41) is 4.39. The van der Waals surface area contributed by atoms with E-state index in [4.69, 9.17) is 0 Å². The largest absolute Gasteiger partial charge is 0.465 e. The molecule has 0 atom stereocenters. The maximum absolute atomic E-state index is 12.6. The number of nitrogens with one attached hydrogen (secondary N) is 1. The van der Waals surface area contributed by atoms with Crippen molar-refractivity contribution >= 4 is 44.5 Å². The first-order chi connectivity index (χ1) is 11.9. The zero-order valence-corrected chi connectivity index (χ0v) is 15.0. The number of thiophene rings is 1. The second kappa shape index (κ2) is 6.34. The molecule has 0 radical (unpaired) electrons. The van der Waals surface area contributed by atoms with E-state index in [1.807, 2.05) is 0 Å². The van der Waals surface area contributed by atoms with E-state index in [-0.39, 0.29) is 4.88 Å². The van der Waals surface area contributed by atoms with Crippen LogP contribution in [0.2, 0.25) is 0 Å². The number of rotatable bonds is 3. The molecular formula is C16H14N2O5S2. The number of hydrogen-bond acceptors (Lipinski definition) is 7. The Kier molecular flexibility index (Phi) is 4.36. The van der Waals surface area contributed by atoms with Crippen molar-refractivity contribution in [2.24, 2.45) is 0 Å².